The SMILES string of the molecule is COc1cccc(C2CC(=O)Nc3c2c(=O)nc(SCc2ccccc2F)n3C)c1. The van der Waals surface area contributed by atoms with E-state index >= 15 is 0 Å². The minimum Gasteiger partial charge on any atom is -0.497 e. The molecule has 6 nitrogen and oxygen atoms in total. The Balaban J connectivity index is 1.73. The highest BCUT2D eigenvalue weighted by atomic mass is 32.2. The summed E-state index contributed by atoms with van der Waals surface area (Å²) < 4.78 is 20.9. The molecule has 0 radical (unpaired) electrons. The molecule has 1 N–H and O–H groups in total. The summed E-state index contributed by atoms with van der Waals surface area (Å²) in [6.07, 6.45) is 0.152. The highest BCUT2D eigenvalue weighted by Gasteiger charge is 2.32. The normalized spacial score (nSPS) is 15.4. The number of anilines is 1. The lowest BCUT2D eigenvalue weighted by Gasteiger charge is -2.27. The zero-order valence-electron chi connectivity index (χ0n) is 16.5. The van der Waals surface area contributed by atoms with E-state index in [1.807, 2.05) is 24.3 Å². The molecule has 1 unspecified atom stereocenters. The average Bonchev–Trinajstić information content (AvgIpc) is 2.75. The van der Waals surface area contributed by atoms with Gasteiger partial charge in [-0.15, -0.1) is 0 Å². The van der Waals surface area contributed by atoms with Gasteiger partial charge in [0.15, 0.2) is 5.16 Å². The van der Waals surface area contributed by atoms with Crippen LogP contribution in [0.1, 0.15) is 29.0 Å². The Bertz CT molecular complexity index is 1180. The molecule has 0 fully saturated rings. The largest absolute Gasteiger partial charge is 0.497 e. The number of nitrogens with zero attached hydrogens (tertiary/aromatic N) is 2. The number of hydrogen-bond acceptors (Lipinski definition) is 5. The second-order valence-corrected chi connectivity index (χ2v) is 7.92. The van der Waals surface area contributed by atoms with Crippen molar-refractivity contribution in [3.63, 3.8) is 0 Å². The smallest absolute Gasteiger partial charge is 0.279 e. The van der Waals surface area contributed by atoms with Gasteiger partial charge in [0.05, 0.1) is 12.7 Å². The first-order valence-electron chi connectivity index (χ1n) is 9.39. The lowest BCUT2D eigenvalue weighted by Crippen LogP contribution is -2.33. The van der Waals surface area contributed by atoms with Crippen molar-refractivity contribution in [3.8, 4) is 5.75 Å². The van der Waals surface area contributed by atoms with Gasteiger partial charge in [-0.3, -0.25) is 9.59 Å². The van der Waals surface area contributed by atoms with E-state index in [9.17, 15) is 14.0 Å². The van der Waals surface area contributed by atoms with Crippen molar-refractivity contribution >= 4 is 23.5 Å². The van der Waals surface area contributed by atoms with Crippen LogP contribution in [0.3, 0.4) is 0 Å². The number of fused-ring (bicyclic) bond motifs is 1. The number of nitrogens with one attached hydrogen (secondary N) is 1. The molecular formula is C22H20FN3O3S. The van der Waals surface area contributed by atoms with Crippen LogP contribution in [-0.2, 0) is 17.6 Å². The topological polar surface area (TPSA) is 73.2 Å². The van der Waals surface area contributed by atoms with Gasteiger partial charge in [0.25, 0.3) is 5.56 Å². The summed E-state index contributed by atoms with van der Waals surface area (Å²) in [7, 11) is 3.31. The fourth-order valence-corrected chi connectivity index (χ4v) is 4.52. The molecule has 1 aliphatic rings. The fraction of sp³-hybridized carbons (Fsp3) is 0.227. The number of ether oxygens (including phenoxy) is 1. The van der Waals surface area contributed by atoms with Gasteiger partial charge in [0, 0.05) is 25.1 Å². The molecule has 0 aliphatic carbocycles. The van der Waals surface area contributed by atoms with Crippen molar-refractivity contribution < 1.29 is 13.9 Å². The molecule has 1 amide bonds. The summed E-state index contributed by atoms with van der Waals surface area (Å²) in [5.74, 6) is 0.498. The van der Waals surface area contributed by atoms with E-state index in [2.05, 4.69) is 10.3 Å². The Morgan fingerprint density at radius 3 is 2.80 bits per heavy atom. The van der Waals surface area contributed by atoms with Crippen molar-refractivity contribution in [2.24, 2.45) is 7.05 Å². The first-order valence-corrected chi connectivity index (χ1v) is 10.4. The fourth-order valence-electron chi connectivity index (χ4n) is 3.57. The van der Waals surface area contributed by atoms with Crippen LogP contribution in [0.15, 0.2) is 58.5 Å². The molecule has 3 aromatic rings. The van der Waals surface area contributed by atoms with Gasteiger partial charge < -0.3 is 14.6 Å². The number of thioether (sulfide) groups is 1. The van der Waals surface area contributed by atoms with E-state index in [-0.39, 0.29) is 18.1 Å². The molecular weight excluding hydrogens is 405 g/mol. The number of carbonyl (C=O) groups is 1. The van der Waals surface area contributed by atoms with Gasteiger partial charge >= 0.3 is 0 Å². The van der Waals surface area contributed by atoms with Crippen LogP contribution in [-0.4, -0.2) is 22.6 Å². The first kappa shape index (κ1) is 20.2. The maximum atomic E-state index is 13.9. The van der Waals surface area contributed by atoms with Crippen molar-refractivity contribution in [1.82, 2.24) is 9.55 Å². The Morgan fingerprint density at radius 2 is 2.03 bits per heavy atom. The van der Waals surface area contributed by atoms with Crippen LogP contribution in [0.25, 0.3) is 0 Å². The van der Waals surface area contributed by atoms with Crippen molar-refractivity contribution in [1.29, 1.82) is 0 Å². The van der Waals surface area contributed by atoms with Gasteiger partial charge in [-0.25, -0.2) is 4.39 Å². The van der Waals surface area contributed by atoms with Crippen molar-refractivity contribution in [2.75, 3.05) is 12.4 Å². The van der Waals surface area contributed by atoms with Crippen LogP contribution in [0.5, 0.6) is 5.75 Å². The van der Waals surface area contributed by atoms with Crippen LogP contribution >= 0.6 is 11.8 Å². The van der Waals surface area contributed by atoms with E-state index < -0.39 is 11.5 Å². The quantitative estimate of drug-likeness (QED) is 0.499. The molecule has 1 aromatic heterocycles. The molecule has 2 aromatic carbocycles. The number of rotatable bonds is 5. The van der Waals surface area contributed by atoms with E-state index in [1.165, 1.54) is 17.8 Å². The lowest BCUT2D eigenvalue weighted by molar-refractivity contribution is -0.116. The molecule has 0 spiro atoms. The monoisotopic (exact) mass is 425 g/mol. The zero-order valence-corrected chi connectivity index (χ0v) is 17.3. The van der Waals surface area contributed by atoms with Gasteiger partial charge in [-0.2, -0.15) is 4.98 Å². The molecule has 8 heteroatoms. The molecule has 0 bridgehead atoms. The van der Waals surface area contributed by atoms with Gasteiger partial charge in [0.1, 0.15) is 17.4 Å². The third-order valence-electron chi connectivity index (χ3n) is 5.11. The van der Waals surface area contributed by atoms with Gasteiger partial charge in [-0.05, 0) is 29.3 Å². The summed E-state index contributed by atoms with van der Waals surface area (Å²) in [6.45, 7) is 0. The molecule has 30 heavy (non-hydrogen) atoms. The number of amides is 1. The average molecular weight is 425 g/mol. The maximum absolute atomic E-state index is 13.9. The summed E-state index contributed by atoms with van der Waals surface area (Å²) in [4.78, 5) is 29.6. The lowest BCUT2D eigenvalue weighted by atomic mass is 9.86. The minimum atomic E-state index is -0.416. The molecule has 154 valence electrons. The Morgan fingerprint density at radius 1 is 1.23 bits per heavy atom. The minimum absolute atomic E-state index is 0.152. The third kappa shape index (κ3) is 3.82. The summed E-state index contributed by atoms with van der Waals surface area (Å²) in [5, 5.41) is 3.22. The molecule has 4 rings (SSSR count). The van der Waals surface area contributed by atoms with Crippen molar-refractivity contribution in [3.05, 3.63) is 81.4 Å². The highest BCUT2D eigenvalue weighted by molar-refractivity contribution is 7.98. The zero-order chi connectivity index (χ0) is 21.3. The maximum Gasteiger partial charge on any atom is 0.279 e. The number of carbonyl (C=O) groups excluding carboxylic acids is 1. The van der Waals surface area contributed by atoms with Crippen LogP contribution in [0, 0.1) is 5.82 Å². The highest BCUT2D eigenvalue weighted by Crippen LogP contribution is 2.37. The van der Waals surface area contributed by atoms with E-state index in [0.717, 1.165) is 5.56 Å². The molecule has 1 atom stereocenters. The molecule has 2 heterocycles. The van der Waals surface area contributed by atoms with Gasteiger partial charge in [0.2, 0.25) is 5.91 Å². The number of methoxy groups -OCH3 is 1. The predicted octanol–water partition coefficient (Wildman–Crippen LogP) is 3.69. The number of aromatic nitrogens is 2. The second kappa shape index (κ2) is 8.31. The molecule has 0 saturated heterocycles. The summed E-state index contributed by atoms with van der Waals surface area (Å²) >= 11 is 1.25. The summed E-state index contributed by atoms with van der Waals surface area (Å²) in [5.41, 5.74) is 1.39. The Kier molecular flexibility index (Phi) is 5.59. The molecule has 1 aliphatic heterocycles. The van der Waals surface area contributed by atoms with E-state index in [0.29, 0.717) is 33.6 Å². The standard InChI is InChI=1S/C22H20FN3O3S/c1-26-20-19(16(11-18(27)24-20)13-7-5-8-15(10-13)29-2)21(28)25-22(26)30-12-14-6-3-4-9-17(14)23/h3-10,16H,11-12H2,1-2H3,(H,24,27). The first-order chi connectivity index (χ1) is 14.5. The van der Waals surface area contributed by atoms with Gasteiger partial charge in [-0.1, -0.05) is 42.1 Å². The van der Waals surface area contributed by atoms with E-state index in [4.69, 9.17) is 4.74 Å². The van der Waals surface area contributed by atoms with Crippen LogP contribution in [0.4, 0.5) is 10.2 Å². The number of hydrogen-bond donors (Lipinski definition) is 1. The number of halogens is 1. The Hall–Kier alpha value is -3.13. The molecule has 0 saturated carbocycles. The number of benzene rings is 2. The van der Waals surface area contributed by atoms with Crippen molar-refractivity contribution in [2.45, 2.75) is 23.2 Å². The van der Waals surface area contributed by atoms with Crippen LogP contribution < -0.4 is 15.6 Å². The second-order valence-electron chi connectivity index (χ2n) is 6.98. The Labute approximate surface area is 177 Å². The predicted molar refractivity (Wildman–Crippen MR) is 114 cm³/mol. The van der Waals surface area contributed by atoms with E-state index in [1.54, 1.807) is 36.9 Å². The van der Waals surface area contributed by atoms with Crippen LogP contribution in [0.2, 0.25) is 0 Å². The summed E-state index contributed by atoms with van der Waals surface area (Å²) in [6, 6.07) is 13.8. The third-order valence-corrected chi connectivity index (χ3v) is 6.19.